The first-order valence-electron chi connectivity index (χ1n) is 9.90. The minimum absolute atomic E-state index is 0.00108. The maximum Gasteiger partial charge on any atom is 0.325 e. The lowest BCUT2D eigenvalue weighted by atomic mass is 10.1. The van der Waals surface area contributed by atoms with Gasteiger partial charge in [-0.3, -0.25) is 19.5 Å². The molecule has 3 aromatic rings. The van der Waals surface area contributed by atoms with Crippen molar-refractivity contribution in [2.24, 2.45) is 0 Å². The molecule has 1 amide bonds. The van der Waals surface area contributed by atoms with E-state index in [1.165, 1.54) is 32.3 Å². The molecule has 0 fully saturated rings. The summed E-state index contributed by atoms with van der Waals surface area (Å²) >= 11 is 0. The molecule has 0 spiro atoms. The van der Waals surface area contributed by atoms with Crippen LogP contribution in [-0.2, 0) is 27.3 Å². The van der Waals surface area contributed by atoms with Crippen LogP contribution < -0.4 is 15.0 Å². The Labute approximate surface area is 184 Å². The summed E-state index contributed by atoms with van der Waals surface area (Å²) < 4.78 is 16.9. The number of fused-ring (bicyclic) bond motifs is 1. The summed E-state index contributed by atoms with van der Waals surface area (Å²) in [7, 11) is 4.35. The van der Waals surface area contributed by atoms with Crippen molar-refractivity contribution >= 4 is 17.5 Å². The minimum Gasteiger partial charge on any atom is -0.497 e. The molecule has 3 rings (SSSR count). The van der Waals surface area contributed by atoms with Gasteiger partial charge in [0, 0.05) is 35.6 Å². The lowest BCUT2D eigenvalue weighted by Gasteiger charge is -2.23. The van der Waals surface area contributed by atoms with Crippen molar-refractivity contribution in [2.75, 3.05) is 27.9 Å². The Hall–Kier alpha value is -3.82. The molecule has 32 heavy (non-hydrogen) atoms. The number of hydrogen-bond donors (Lipinski definition) is 1. The van der Waals surface area contributed by atoms with Crippen LogP contribution in [0.15, 0.2) is 29.1 Å². The smallest absolute Gasteiger partial charge is 0.325 e. The van der Waals surface area contributed by atoms with Gasteiger partial charge in [-0.15, -0.1) is 0 Å². The molecule has 0 atom stereocenters. The second-order valence-electron chi connectivity index (χ2n) is 7.30. The zero-order chi connectivity index (χ0) is 23.4. The molecule has 10 heteroatoms. The van der Waals surface area contributed by atoms with Gasteiger partial charge in [0.05, 0.1) is 27.8 Å². The molecular formula is C22H26N4O6. The Bertz CT molecular complexity index is 1190. The maximum absolute atomic E-state index is 13.3. The standard InChI is InChI=1S/C22H26N4O6/c1-13-18(14(2)26-19(23-13)10-20(27)24-26)9-21(28)25(12-22(29)32-5)11-15-6-16(30-3)8-17(7-15)31-4/h6-8,10H,9,11-12H2,1-5H3,(H,24,27). The molecule has 0 aliphatic heterocycles. The average Bonchev–Trinajstić information content (AvgIpc) is 3.15. The van der Waals surface area contributed by atoms with E-state index in [1.54, 1.807) is 36.6 Å². The van der Waals surface area contributed by atoms with Gasteiger partial charge in [0.2, 0.25) is 5.91 Å². The van der Waals surface area contributed by atoms with Gasteiger partial charge in [-0.25, -0.2) is 9.50 Å². The van der Waals surface area contributed by atoms with Crippen LogP contribution in [0, 0.1) is 13.8 Å². The van der Waals surface area contributed by atoms with Crippen molar-refractivity contribution in [3.8, 4) is 11.5 Å². The zero-order valence-electron chi connectivity index (χ0n) is 18.7. The SMILES string of the molecule is COC(=O)CN(Cc1cc(OC)cc(OC)c1)C(=O)Cc1c(C)nc2cc(=O)[nH]n2c1C. The summed E-state index contributed by atoms with van der Waals surface area (Å²) in [6.07, 6.45) is -0.00108. The van der Waals surface area contributed by atoms with E-state index in [2.05, 4.69) is 10.1 Å². The molecule has 2 aromatic heterocycles. The Morgan fingerprint density at radius 1 is 1.06 bits per heavy atom. The van der Waals surface area contributed by atoms with Crippen LogP contribution in [0.3, 0.4) is 0 Å². The third kappa shape index (κ3) is 4.90. The Kier molecular flexibility index (Phi) is 6.82. The number of nitrogens with one attached hydrogen (secondary N) is 1. The summed E-state index contributed by atoms with van der Waals surface area (Å²) in [6.45, 7) is 3.51. The topological polar surface area (TPSA) is 115 Å². The van der Waals surface area contributed by atoms with E-state index < -0.39 is 5.97 Å². The molecule has 0 aliphatic rings. The second kappa shape index (κ2) is 9.54. The molecule has 0 bridgehead atoms. The number of benzene rings is 1. The van der Waals surface area contributed by atoms with E-state index in [1.807, 2.05) is 0 Å². The number of H-pyrrole nitrogens is 1. The van der Waals surface area contributed by atoms with Crippen LogP contribution in [0.2, 0.25) is 0 Å². The fourth-order valence-corrected chi connectivity index (χ4v) is 3.51. The number of carbonyl (C=O) groups excluding carboxylic acids is 2. The first kappa shape index (κ1) is 22.9. The van der Waals surface area contributed by atoms with Crippen molar-refractivity contribution in [2.45, 2.75) is 26.8 Å². The first-order valence-corrected chi connectivity index (χ1v) is 9.90. The van der Waals surface area contributed by atoms with E-state index in [4.69, 9.17) is 14.2 Å². The highest BCUT2D eigenvalue weighted by atomic mass is 16.5. The lowest BCUT2D eigenvalue weighted by molar-refractivity contribution is -0.147. The highest BCUT2D eigenvalue weighted by Crippen LogP contribution is 2.24. The predicted molar refractivity (Wildman–Crippen MR) is 116 cm³/mol. The number of rotatable bonds is 8. The van der Waals surface area contributed by atoms with E-state index in [-0.39, 0.29) is 31.0 Å². The van der Waals surface area contributed by atoms with Gasteiger partial charge in [0.1, 0.15) is 18.0 Å². The Morgan fingerprint density at radius 3 is 2.31 bits per heavy atom. The third-order valence-corrected chi connectivity index (χ3v) is 5.22. The normalized spacial score (nSPS) is 10.8. The summed E-state index contributed by atoms with van der Waals surface area (Å²) in [5.41, 5.74) is 2.95. The molecule has 0 saturated heterocycles. The van der Waals surface area contributed by atoms with Crippen molar-refractivity contribution in [3.05, 3.63) is 57.1 Å². The van der Waals surface area contributed by atoms with Gasteiger partial charge in [-0.05, 0) is 31.5 Å². The highest BCUT2D eigenvalue weighted by molar-refractivity contribution is 5.84. The van der Waals surface area contributed by atoms with Crippen molar-refractivity contribution in [3.63, 3.8) is 0 Å². The van der Waals surface area contributed by atoms with Crippen molar-refractivity contribution in [1.82, 2.24) is 19.5 Å². The largest absolute Gasteiger partial charge is 0.497 e. The third-order valence-electron chi connectivity index (χ3n) is 5.22. The van der Waals surface area contributed by atoms with Gasteiger partial charge in [-0.2, -0.15) is 0 Å². The number of carbonyl (C=O) groups is 2. The lowest BCUT2D eigenvalue weighted by Crippen LogP contribution is -2.37. The summed E-state index contributed by atoms with van der Waals surface area (Å²) in [6, 6.07) is 6.66. The summed E-state index contributed by atoms with van der Waals surface area (Å²) in [4.78, 5) is 42.8. The summed E-state index contributed by atoms with van der Waals surface area (Å²) in [5, 5.41) is 2.68. The van der Waals surface area contributed by atoms with Gasteiger partial charge in [0.25, 0.3) is 5.56 Å². The monoisotopic (exact) mass is 442 g/mol. The highest BCUT2D eigenvalue weighted by Gasteiger charge is 2.22. The molecule has 1 aromatic carbocycles. The Balaban J connectivity index is 1.93. The molecular weight excluding hydrogens is 416 g/mol. The molecule has 10 nitrogen and oxygen atoms in total. The van der Waals surface area contributed by atoms with Crippen molar-refractivity contribution in [1.29, 1.82) is 0 Å². The first-order chi connectivity index (χ1) is 15.2. The van der Waals surface area contributed by atoms with Crippen LogP contribution in [0.5, 0.6) is 11.5 Å². The second-order valence-corrected chi connectivity index (χ2v) is 7.30. The number of aromatic amines is 1. The predicted octanol–water partition coefficient (Wildman–Crippen LogP) is 1.40. The van der Waals surface area contributed by atoms with Gasteiger partial charge in [-0.1, -0.05) is 0 Å². The molecule has 170 valence electrons. The number of esters is 1. The number of nitrogens with zero attached hydrogens (tertiary/aromatic N) is 3. The zero-order valence-corrected chi connectivity index (χ0v) is 18.7. The molecule has 0 aliphatic carbocycles. The number of amides is 1. The van der Waals surface area contributed by atoms with Gasteiger partial charge >= 0.3 is 5.97 Å². The van der Waals surface area contributed by atoms with Crippen LogP contribution >= 0.6 is 0 Å². The fraction of sp³-hybridized carbons (Fsp3) is 0.364. The summed E-state index contributed by atoms with van der Waals surface area (Å²) in [5.74, 6) is 0.314. The minimum atomic E-state index is -0.537. The molecule has 0 saturated carbocycles. The van der Waals surface area contributed by atoms with Crippen LogP contribution in [0.4, 0.5) is 0 Å². The average molecular weight is 442 g/mol. The van der Waals surface area contributed by atoms with E-state index in [0.717, 1.165) is 5.56 Å². The van der Waals surface area contributed by atoms with Gasteiger partial charge in [0.15, 0.2) is 5.65 Å². The number of methoxy groups -OCH3 is 3. The Morgan fingerprint density at radius 2 is 1.72 bits per heavy atom. The van der Waals surface area contributed by atoms with Crippen LogP contribution in [0.25, 0.3) is 5.65 Å². The quantitative estimate of drug-likeness (QED) is 0.524. The molecule has 0 unspecified atom stereocenters. The van der Waals surface area contributed by atoms with Crippen LogP contribution in [-0.4, -0.2) is 59.2 Å². The van der Waals surface area contributed by atoms with Crippen LogP contribution in [0.1, 0.15) is 22.5 Å². The molecule has 0 radical (unpaired) electrons. The fourth-order valence-electron chi connectivity index (χ4n) is 3.51. The maximum atomic E-state index is 13.3. The number of ether oxygens (including phenoxy) is 3. The van der Waals surface area contributed by atoms with E-state index in [0.29, 0.717) is 34.1 Å². The van der Waals surface area contributed by atoms with Crippen molar-refractivity contribution < 1.29 is 23.8 Å². The van der Waals surface area contributed by atoms with E-state index in [9.17, 15) is 14.4 Å². The number of aryl methyl sites for hydroxylation is 2. The number of hydrogen-bond acceptors (Lipinski definition) is 7. The van der Waals surface area contributed by atoms with Gasteiger partial charge < -0.3 is 19.1 Å². The van der Waals surface area contributed by atoms with E-state index >= 15 is 0 Å². The molecule has 2 heterocycles. The number of aromatic nitrogens is 3. The molecule has 1 N–H and O–H groups in total.